The average molecular weight is 404 g/mol. The highest BCUT2D eigenvalue weighted by molar-refractivity contribution is 5.89. The fourth-order valence-electron chi connectivity index (χ4n) is 3.15. The van der Waals surface area contributed by atoms with E-state index < -0.39 is 6.04 Å². The molecule has 0 aliphatic carbocycles. The summed E-state index contributed by atoms with van der Waals surface area (Å²) in [4.78, 5) is 41.0. The van der Waals surface area contributed by atoms with Gasteiger partial charge < -0.3 is 19.9 Å². The first kappa shape index (κ1) is 22.7. The summed E-state index contributed by atoms with van der Waals surface area (Å²) in [6.45, 7) is 9.97. The molecule has 0 bridgehead atoms. The Bertz CT molecular complexity index is 683. The van der Waals surface area contributed by atoms with Gasteiger partial charge in [0.1, 0.15) is 6.04 Å². The van der Waals surface area contributed by atoms with Gasteiger partial charge in [-0.05, 0) is 17.4 Å². The predicted molar refractivity (Wildman–Crippen MR) is 111 cm³/mol. The summed E-state index contributed by atoms with van der Waals surface area (Å²) in [5.41, 5.74) is 0.758. The van der Waals surface area contributed by atoms with Crippen molar-refractivity contribution in [3.63, 3.8) is 0 Å². The molecule has 7 nitrogen and oxygen atoms in total. The van der Waals surface area contributed by atoms with Crippen LogP contribution in [0.1, 0.15) is 45.7 Å². The summed E-state index contributed by atoms with van der Waals surface area (Å²) in [6.07, 6.45) is 0.0298. The van der Waals surface area contributed by atoms with Crippen molar-refractivity contribution in [2.24, 2.45) is 11.8 Å². The molecule has 1 heterocycles. The number of nitrogens with one attached hydrogen (secondary N) is 1. The predicted octanol–water partition coefficient (Wildman–Crippen LogP) is 2.83. The fourth-order valence-corrected chi connectivity index (χ4v) is 3.15. The molecule has 0 saturated carbocycles. The van der Waals surface area contributed by atoms with Crippen molar-refractivity contribution >= 4 is 17.9 Å². The lowest BCUT2D eigenvalue weighted by atomic mass is 10.0. The SMILES string of the molecule is CC(C)COC(=O)N1CCN(C(=O)C(NC(=O)CC(C)C)c2ccccc2)CC1. The van der Waals surface area contributed by atoms with Gasteiger partial charge in [0.25, 0.3) is 0 Å². The highest BCUT2D eigenvalue weighted by atomic mass is 16.6. The van der Waals surface area contributed by atoms with Gasteiger partial charge in [0.15, 0.2) is 0 Å². The van der Waals surface area contributed by atoms with Gasteiger partial charge in [0.2, 0.25) is 11.8 Å². The van der Waals surface area contributed by atoms with E-state index in [0.29, 0.717) is 39.2 Å². The van der Waals surface area contributed by atoms with Gasteiger partial charge in [-0.3, -0.25) is 9.59 Å². The number of carbonyl (C=O) groups excluding carboxylic acids is 3. The van der Waals surface area contributed by atoms with Crippen LogP contribution in [-0.4, -0.2) is 60.5 Å². The summed E-state index contributed by atoms with van der Waals surface area (Å²) in [5, 5.41) is 2.89. The zero-order valence-corrected chi connectivity index (χ0v) is 17.9. The molecule has 1 aliphatic rings. The van der Waals surface area contributed by atoms with Gasteiger partial charge in [0.05, 0.1) is 6.61 Å². The third-order valence-electron chi connectivity index (χ3n) is 4.67. The maximum absolute atomic E-state index is 13.2. The quantitative estimate of drug-likeness (QED) is 0.759. The number of hydrogen-bond donors (Lipinski definition) is 1. The van der Waals surface area contributed by atoms with Crippen LogP contribution in [0.3, 0.4) is 0 Å². The van der Waals surface area contributed by atoms with Crippen molar-refractivity contribution in [2.75, 3.05) is 32.8 Å². The van der Waals surface area contributed by atoms with Crippen molar-refractivity contribution in [2.45, 2.75) is 40.2 Å². The number of hydrogen-bond acceptors (Lipinski definition) is 4. The number of amides is 3. The van der Waals surface area contributed by atoms with E-state index >= 15 is 0 Å². The third-order valence-corrected chi connectivity index (χ3v) is 4.67. The number of piperazine rings is 1. The molecule has 2 rings (SSSR count). The van der Waals surface area contributed by atoms with Gasteiger partial charge in [-0.25, -0.2) is 4.79 Å². The molecule has 0 spiro atoms. The van der Waals surface area contributed by atoms with Crippen molar-refractivity contribution in [1.82, 2.24) is 15.1 Å². The second kappa shape index (κ2) is 10.8. The molecule has 1 atom stereocenters. The van der Waals surface area contributed by atoms with E-state index in [4.69, 9.17) is 4.74 Å². The Morgan fingerprint density at radius 1 is 0.931 bits per heavy atom. The largest absolute Gasteiger partial charge is 0.449 e. The van der Waals surface area contributed by atoms with E-state index in [1.54, 1.807) is 9.80 Å². The lowest BCUT2D eigenvalue weighted by Crippen LogP contribution is -2.53. The number of ether oxygens (including phenoxy) is 1. The molecule has 0 aromatic heterocycles. The van der Waals surface area contributed by atoms with Crippen molar-refractivity contribution in [3.05, 3.63) is 35.9 Å². The summed E-state index contributed by atoms with van der Waals surface area (Å²) in [6, 6.07) is 8.56. The Balaban J connectivity index is 2.01. The zero-order valence-electron chi connectivity index (χ0n) is 17.9. The highest BCUT2D eigenvalue weighted by Gasteiger charge is 2.31. The second-order valence-corrected chi connectivity index (χ2v) is 8.29. The van der Waals surface area contributed by atoms with E-state index in [2.05, 4.69) is 5.32 Å². The number of rotatable bonds is 7. The van der Waals surface area contributed by atoms with Crippen molar-refractivity contribution in [3.8, 4) is 0 Å². The normalized spacial score (nSPS) is 15.4. The second-order valence-electron chi connectivity index (χ2n) is 8.29. The van der Waals surface area contributed by atoms with Crippen LogP contribution < -0.4 is 5.32 Å². The molecule has 1 fully saturated rings. The monoisotopic (exact) mass is 403 g/mol. The minimum Gasteiger partial charge on any atom is -0.449 e. The lowest BCUT2D eigenvalue weighted by Gasteiger charge is -2.36. The molecule has 160 valence electrons. The van der Waals surface area contributed by atoms with Gasteiger partial charge in [-0.15, -0.1) is 0 Å². The maximum Gasteiger partial charge on any atom is 0.409 e. The van der Waals surface area contributed by atoms with Crippen LogP contribution in [0.2, 0.25) is 0 Å². The molecule has 1 aromatic rings. The van der Waals surface area contributed by atoms with E-state index in [1.165, 1.54) is 0 Å². The minimum absolute atomic E-state index is 0.141. The Kier molecular flexibility index (Phi) is 8.49. The number of nitrogens with zero attached hydrogens (tertiary/aromatic N) is 2. The smallest absolute Gasteiger partial charge is 0.409 e. The molecule has 0 radical (unpaired) electrons. The Morgan fingerprint density at radius 2 is 1.52 bits per heavy atom. The van der Waals surface area contributed by atoms with Crippen LogP contribution in [-0.2, 0) is 14.3 Å². The van der Waals surface area contributed by atoms with Crippen LogP contribution in [0, 0.1) is 11.8 Å². The first-order valence-corrected chi connectivity index (χ1v) is 10.3. The first-order valence-electron chi connectivity index (χ1n) is 10.3. The topological polar surface area (TPSA) is 79.0 Å². The van der Waals surface area contributed by atoms with Crippen molar-refractivity contribution in [1.29, 1.82) is 0 Å². The summed E-state index contributed by atoms with van der Waals surface area (Å²) in [7, 11) is 0. The third kappa shape index (κ3) is 7.07. The van der Waals surface area contributed by atoms with Crippen LogP contribution in [0.25, 0.3) is 0 Å². The minimum atomic E-state index is -0.720. The zero-order chi connectivity index (χ0) is 21.4. The van der Waals surface area contributed by atoms with Gasteiger partial charge in [-0.1, -0.05) is 58.0 Å². The molecule has 7 heteroatoms. The lowest BCUT2D eigenvalue weighted by molar-refractivity contribution is -0.138. The summed E-state index contributed by atoms with van der Waals surface area (Å²) in [5.74, 6) is 0.200. The molecule has 1 aliphatic heterocycles. The van der Waals surface area contributed by atoms with Gasteiger partial charge in [-0.2, -0.15) is 0 Å². The average Bonchev–Trinajstić information content (AvgIpc) is 2.70. The Labute approximate surface area is 173 Å². The number of benzene rings is 1. The Hall–Kier alpha value is -2.57. The summed E-state index contributed by atoms with van der Waals surface area (Å²) < 4.78 is 5.27. The maximum atomic E-state index is 13.2. The van der Waals surface area contributed by atoms with Crippen LogP contribution >= 0.6 is 0 Å². The molecule has 1 aromatic carbocycles. The molecular formula is C22H33N3O4. The molecule has 1 unspecified atom stereocenters. The van der Waals surface area contributed by atoms with Crippen LogP contribution in [0.4, 0.5) is 4.79 Å². The summed E-state index contributed by atoms with van der Waals surface area (Å²) >= 11 is 0. The molecule has 3 amide bonds. The van der Waals surface area contributed by atoms with Crippen LogP contribution in [0.15, 0.2) is 30.3 Å². The first-order chi connectivity index (χ1) is 13.8. The standard InChI is InChI=1S/C22H33N3O4/c1-16(2)14-19(26)23-20(18-8-6-5-7-9-18)21(27)24-10-12-25(13-11-24)22(28)29-15-17(3)4/h5-9,16-17,20H,10-15H2,1-4H3,(H,23,26). The van der Waals surface area contributed by atoms with E-state index in [0.717, 1.165) is 5.56 Å². The highest BCUT2D eigenvalue weighted by Crippen LogP contribution is 2.18. The van der Waals surface area contributed by atoms with Gasteiger partial charge in [0, 0.05) is 32.6 Å². The van der Waals surface area contributed by atoms with Crippen LogP contribution in [0.5, 0.6) is 0 Å². The van der Waals surface area contributed by atoms with Crippen molar-refractivity contribution < 1.29 is 19.1 Å². The van der Waals surface area contributed by atoms with E-state index in [1.807, 2.05) is 58.0 Å². The fraction of sp³-hybridized carbons (Fsp3) is 0.591. The van der Waals surface area contributed by atoms with Gasteiger partial charge >= 0.3 is 6.09 Å². The molecule has 1 saturated heterocycles. The molecular weight excluding hydrogens is 370 g/mol. The van der Waals surface area contributed by atoms with E-state index in [9.17, 15) is 14.4 Å². The number of carbonyl (C=O) groups is 3. The van der Waals surface area contributed by atoms with E-state index in [-0.39, 0.29) is 29.7 Å². The molecule has 1 N–H and O–H groups in total. The Morgan fingerprint density at radius 3 is 2.07 bits per heavy atom. The molecule has 29 heavy (non-hydrogen) atoms.